The lowest BCUT2D eigenvalue weighted by atomic mass is 9.76. The molecule has 2 N–H and O–H groups in total. The molecule has 8 fully saturated rings. The van der Waals surface area contributed by atoms with Crippen LogP contribution < -0.4 is 15.6 Å². The number of hydrazine groups is 1. The molecule has 2 aliphatic carbocycles. The predicted octanol–water partition coefficient (Wildman–Crippen LogP) is 4.92. The van der Waals surface area contributed by atoms with Gasteiger partial charge in [0.1, 0.15) is 30.1 Å². The number of ether oxygens (including phenoxy) is 6. The summed E-state index contributed by atoms with van der Waals surface area (Å²) in [6.07, 6.45) is 9.39. The van der Waals surface area contributed by atoms with Crippen molar-refractivity contribution in [2.24, 2.45) is 28.6 Å². The summed E-state index contributed by atoms with van der Waals surface area (Å²) in [5.74, 6) is -0.590. The number of hydrogen-bond donors (Lipinski definition) is 2. The Morgan fingerprint density at radius 1 is 0.934 bits per heavy atom. The number of benzene rings is 1. The summed E-state index contributed by atoms with van der Waals surface area (Å²) in [7, 11) is 1.74. The number of carbonyl (C=O) groups is 3. The lowest BCUT2D eigenvalue weighted by molar-refractivity contribution is -0.204. The van der Waals surface area contributed by atoms with Crippen molar-refractivity contribution in [1.29, 1.82) is 0 Å². The Bertz CT molecular complexity index is 2810. The summed E-state index contributed by atoms with van der Waals surface area (Å²) in [6, 6.07) is 6.93. The number of cyclic esters (lactones) is 1. The van der Waals surface area contributed by atoms with E-state index in [4.69, 9.17) is 42.8 Å². The third-order valence-corrected chi connectivity index (χ3v) is 18.1. The lowest BCUT2D eigenvalue weighted by Gasteiger charge is -2.57. The molecule has 1 spiro atoms. The minimum atomic E-state index is -1.08. The number of anilines is 1. The van der Waals surface area contributed by atoms with Gasteiger partial charge in [-0.15, -0.1) is 0 Å². The molecule has 1 aromatic carbocycles. The van der Waals surface area contributed by atoms with Gasteiger partial charge >= 0.3 is 5.97 Å². The number of carbonyl (C=O) groups excluding carboxylic acids is 3. The normalized spacial score (nSPS) is 29.4. The molecule has 7 atom stereocenters. The largest absolute Gasteiger partial charge is 0.464 e. The molecule has 13 rings (SSSR count). The Morgan fingerprint density at radius 2 is 1.72 bits per heavy atom. The maximum absolute atomic E-state index is 15.2. The minimum Gasteiger partial charge on any atom is -0.464 e. The number of hydrogen-bond acceptors (Lipinski definition) is 16. The molecule has 6 bridgehead atoms. The van der Waals surface area contributed by atoms with Crippen LogP contribution in [0.25, 0.3) is 33.4 Å². The summed E-state index contributed by atoms with van der Waals surface area (Å²) in [5.41, 5.74) is 10.2. The van der Waals surface area contributed by atoms with Gasteiger partial charge in [-0.25, -0.2) is 10.4 Å². The molecule has 2 saturated carbocycles. The van der Waals surface area contributed by atoms with Gasteiger partial charge in [-0.2, -0.15) is 0 Å². The summed E-state index contributed by atoms with van der Waals surface area (Å²) in [4.78, 5) is 61.8. The molecule has 0 radical (unpaired) electrons. The smallest absolute Gasteiger partial charge is 0.324 e. The molecule has 19 heteroatoms. The van der Waals surface area contributed by atoms with Crippen LogP contribution in [-0.2, 0) is 55.8 Å². The molecule has 4 aromatic rings. The lowest BCUT2D eigenvalue weighted by Crippen LogP contribution is -2.70. The van der Waals surface area contributed by atoms with E-state index in [9.17, 15) is 9.59 Å². The van der Waals surface area contributed by atoms with Crippen LogP contribution in [0, 0.1) is 28.6 Å². The maximum atomic E-state index is 15.2. The molecule has 9 aliphatic rings. The van der Waals surface area contributed by atoms with E-state index in [0.717, 1.165) is 89.7 Å². The van der Waals surface area contributed by atoms with Gasteiger partial charge in [0.15, 0.2) is 0 Å². The van der Waals surface area contributed by atoms with E-state index in [0.29, 0.717) is 103 Å². The first-order valence-corrected chi connectivity index (χ1v) is 28.2. The van der Waals surface area contributed by atoms with Crippen LogP contribution in [0.3, 0.4) is 0 Å². The van der Waals surface area contributed by atoms with Crippen LogP contribution in [-0.4, -0.2) is 177 Å². The van der Waals surface area contributed by atoms with E-state index < -0.39 is 29.5 Å². The highest BCUT2D eigenvalue weighted by atomic mass is 16.5. The number of nitrogens with zero attached hydrogens (tertiary/aromatic N) is 7. The van der Waals surface area contributed by atoms with Gasteiger partial charge in [-0.1, -0.05) is 19.9 Å². The first-order chi connectivity index (χ1) is 36.9. The van der Waals surface area contributed by atoms with Gasteiger partial charge in [0.25, 0.3) is 5.91 Å². The van der Waals surface area contributed by atoms with E-state index in [1.54, 1.807) is 13.4 Å². The van der Waals surface area contributed by atoms with Crippen LogP contribution in [0.1, 0.15) is 88.6 Å². The summed E-state index contributed by atoms with van der Waals surface area (Å²) in [6.45, 7) is 16.8. The quantitative estimate of drug-likeness (QED) is 0.182. The molecule has 2 amide bonds. The fourth-order valence-corrected chi connectivity index (χ4v) is 13.5. The monoisotopic (exact) mass is 1050 g/mol. The van der Waals surface area contributed by atoms with E-state index >= 15 is 4.79 Å². The zero-order valence-electron chi connectivity index (χ0n) is 44.6. The predicted molar refractivity (Wildman–Crippen MR) is 280 cm³/mol. The average molecular weight is 1050 g/mol. The van der Waals surface area contributed by atoms with Gasteiger partial charge in [0, 0.05) is 118 Å². The molecule has 19 nitrogen and oxygen atoms in total. The molecule has 408 valence electrons. The molecule has 7 aliphatic heterocycles. The number of amides is 2. The molecular formula is C57H75N9O10. The van der Waals surface area contributed by atoms with Crippen molar-refractivity contribution in [3.8, 4) is 22.5 Å². The molecule has 3 aromatic heterocycles. The number of aromatic nitrogens is 3. The first-order valence-electron chi connectivity index (χ1n) is 28.2. The molecule has 76 heavy (non-hydrogen) atoms. The van der Waals surface area contributed by atoms with Crippen molar-refractivity contribution in [1.82, 2.24) is 40.1 Å². The zero-order valence-corrected chi connectivity index (χ0v) is 44.6. The number of fused-ring (bicyclic) bond motifs is 7. The first kappa shape index (κ1) is 50.5. The summed E-state index contributed by atoms with van der Waals surface area (Å²) < 4.78 is 45.2. The summed E-state index contributed by atoms with van der Waals surface area (Å²) >= 11 is 0. The Morgan fingerprint density at radius 3 is 2.46 bits per heavy atom. The Hall–Kier alpha value is -4.99. The van der Waals surface area contributed by atoms with Crippen LogP contribution in [0.5, 0.6) is 0 Å². The third-order valence-electron chi connectivity index (χ3n) is 18.1. The van der Waals surface area contributed by atoms with Crippen molar-refractivity contribution in [3.63, 3.8) is 0 Å². The van der Waals surface area contributed by atoms with Crippen LogP contribution in [0.15, 0.2) is 41.1 Å². The molecule has 6 saturated heterocycles. The second-order valence-electron chi connectivity index (χ2n) is 24.2. The van der Waals surface area contributed by atoms with Crippen LogP contribution in [0.4, 0.5) is 5.69 Å². The highest BCUT2D eigenvalue weighted by Gasteiger charge is 2.60. The van der Waals surface area contributed by atoms with Crippen molar-refractivity contribution in [2.75, 3.05) is 111 Å². The Balaban J connectivity index is 0.946. The maximum Gasteiger partial charge on any atom is 0.324 e. The standard InChI is InChI=1S/C57H75N9O10/c1-34(70-4)48-40(23-37(25-58-48)63-16-14-62(15-17-63)36-8-9-36)50-41-24-56(2,3)31-76-55(69)44-6-5-13-66(61-44)54(68)49(60-52(67)47-42-26-72-27-43(42)47)51(64-29-57(30-64)32-73-33-57)53-59-45(28-75-53)35-7-10-46(39(41)22-35)65(50)18-21-74-38-11-19-71-20-12-38/h7,10,22-23,25,28,34,36,38,42-44,47,49,51,61H,5-6,8-9,11-21,24,26-27,29-33H2,1-4H3,(H,60,67)/t34-,42-,43+,44-,47?,49-,51-/m0/s1. The highest BCUT2D eigenvalue weighted by Crippen LogP contribution is 2.51. The minimum absolute atomic E-state index is 0.0287. The second kappa shape index (κ2) is 20.3. The number of likely N-dealkylation sites (tertiary alicyclic amines) is 1. The molecule has 10 heterocycles. The fraction of sp³-hybridized carbons (Fsp3) is 0.667. The van der Waals surface area contributed by atoms with Crippen LogP contribution >= 0.6 is 0 Å². The highest BCUT2D eigenvalue weighted by molar-refractivity contribution is 5.96. The summed E-state index contributed by atoms with van der Waals surface area (Å²) in [5, 5.41) is 5.78. The second-order valence-corrected chi connectivity index (χ2v) is 24.2. The van der Waals surface area contributed by atoms with Crippen molar-refractivity contribution < 1.29 is 47.2 Å². The van der Waals surface area contributed by atoms with Crippen molar-refractivity contribution >= 4 is 34.4 Å². The van der Waals surface area contributed by atoms with Gasteiger partial charge in [0.05, 0.1) is 75.1 Å². The number of piperazine rings is 1. The van der Waals surface area contributed by atoms with Gasteiger partial charge in [0.2, 0.25) is 11.8 Å². The zero-order chi connectivity index (χ0) is 51.9. The van der Waals surface area contributed by atoms with Gasteiger partial charge in [-0.3, -0.25) is 34.2 Å². The van der Waals surface area contributed by atoms with E-state index in [1.807, 2.05) is 6.20 Å². The SMILES string of the molecule is CO[C@@H](C)c1ncc(N2CCN(C3CC3)CC2)cc1-c1c2c3cc(ccc3n1CCOC1CCOCC1)-c1coc(n1)[C@@H](N1CC3(COC3)C1)[C@H](NC(=O)C1[C@H]3COC[C@@H]13)C(=O)N1CCC[C@H](N1)C(=O)OCC(C)(C)C2. The number of methoxy groups -OCH3 is 1. The Labute approximate surface area is 444 Å². The average Bonchev–Trinajstić information content (AvgIpc) is 4.39. The third kappa shape index (κ3) is 9.64. The number of pyridine rings is 1. The topological polar surface area (TPSA) is 187 Å². The number of oxazole rings is 1. The molecular weight excluding hydrogens is 971 g/mol. The fourth-order valence-electron chi connectivity index (χ4n) is 13.5. The van der Waals surface area contributed by atoms with Gasteiger partial charge < -0.3 is 47.6 Å². The van der Waals surface area contributed by atoms with Crippen molar-refractivity contribution in [3.05, 3.63) is 53.9 Å². The van der Waals surface area contributed by atoms with E-state index in [-0.39, 0.29) is 53.8 Å². The van der Waals surface area contributed by atoms with Crippen molar-refractivity contribution in [2.45, 2.75) is 109 Å². The molecule has 1 unspecified atom stereocenters. The number of rotatable bonds is 12. The Kier molecular flexibility index (Phi) is 13.5. The number of nitrogens with one attached hydrogen (secondary N) is 2. The van der Waals surface area contributed by atoms with Crippen LogP contribution in [0.2, 0.25) is 0 Å². The van der Waals surface area contributed by atoms with E-state index in [2.05, 4.69) is 75.0 Å². The van der Waals surface area contributed by atoms with E-state index in [1.165, 1.54) is 17.9 Å². The number of esters is 1. The van der Waals surface area contributed by atoms with Gasteiger partial charge in [-0.05, 0) is 87.5 Å².